The van der Waals surface area contributed by atoms with Gasteiger partial charge in [0.15, 0.2) is 0 Å². The molecule has 0 spiro atoms. The molecule has 0 aliphatic carbocycles. The summed E-state index contributed by atoms with van der Waals surface area (Å²) in [5.74, 6) is 0. The van der Waals surface area contributed by atoms with Gasteiger partial charge in [-0.15, -0.1) is 0 Å². The van der Waals surface area contributed by atoms with E-state index in [0.29, 0.717) is 0 Å². The molecule has 0 unspecified atom stereocenters. The van der Waals surface area contributed by atoms with Gasteiger partial charge >= 0.3 is 29.6 Å². The van der Waals surface area contributed by atoms with Gasteiger partial charge in [-0.25, -0.2) is 0 Å². The molecular weight excluding hydrogens is 227 g/mol. The maximum absolute atomic E-state index is 6.69. The monoisotopic (exact) mass is 241 g/mol. The molecule has 0 amide bonds. The van der Waals surface area contributed by atoms with Crippen LogP contribution < -0.4 is 0 Å². The topological polar surface area (TPSA) is 20.2 Å². The van der Waals surface area contributed by atoms with E-state index in [1.54, 1.807) is 0 Å². The zero-order valence-corrected chi connectivity index (χ0v) is 9.41. The first-order valence-electron chi connectivity index (χ1n) is 4.59. The molecule has 0 aliphatic rings. The van der Waals surface area contributed by atoms with Crippen molar-refractivity contribution in [3.05, 3.63) is 60.2 Å². The van der Waals surface area contributed by atoms with Crippen LogP contribution in [0.2, 0.25) is 0 Å². The van der Waals surface area contributed by atoms with Crippen molar-refractivity contribution >= 4 is 42.5 Å². The molecule has 0 atom stereocenters. The number of hydrogen-bond acceptors (Lipinski definition) is 2. The van der Waals surface area contributed by atoms with Crippen molar-refractivity contribution in [2.75, 3.05) is 0 Å². The molecule has 0 aliphatic heterocycles. The van der Waals surface area contributed by atoms with Crippen molar-refractivity contribution in [3.63, 3.8) is 0 Å². The van der Waals surface area contributed by atoms with Gasteiger partial charge in [-0.05, 0) is 37.0 Å². The average molecular weight is 241 g/mol. The van der Waals surface area contributed by atoms with Gasteiger partial charge in [0.25, 0.3) is 0 Å². The third-order valence-electron chi connectivity index (χ3n) is 2.10. The van der Waals surface area contributed by atoms with Gasteiger partial charge in [-0.3, -0.25) is 0 Å². The second-order valence-electron chi connectivity index (χ2n) is 3.15. The summed E-state index contributed by atoms with van der Waals surface area (Å²) in [7, 11) is 0. The van der Waals surface area contributed by atoms with E-state index in [9.17, 15) is 0 Å². The fraction of sp³-hybridized carbons (Fsp3) is 0.0769. The molecule has 1 N–H and O–H groups in total. The Bertz CT molecular complexity index is 386. The number of benzene rings is 2. The minimum absolute atomic E-state index is 0. The Hall–Kier alpha value is -0.250. The molecule has 2 rings (SSSR count). The van der Waals surface area contributed by atoms with E-state index in [-0.39, 0.29) is 29.6 Å². The third kappa shape index (κ3) is 4.73. The quantitative estimate of drug-likeness (QED) is 0.446. The van der Waals surface area contributed by atoms with Gasteiger partial charge in [-0.1, -0.05) is 54.1 Å². The average Bonchev–Trinajstić information content (AvgIpc) is 2.34. The van der Waals surface area contributed by atoms with Crippen molar-refractivity contribution < 1.29 is 4.55 Å². The molecule has 79 valence electrons. The van der Waals surface area contributed by atoms with Crippen molar-refractivity contribution in [3.8, 4) is 11.1 Å². The zero-order chi connectivity index (χ0) is 11.1. The zero-order valence-electron chi connectivity index (χ0n) is 8.51. The first kappa shape index (κ1) is 15.8. The molecular formula is C13H14NaOS. The van der Waals surface area contributed by atoms with Crippen LogP contribution in [0.3, 0.4) is 0 Å². The van der Waals surface area contributed by atoms with E-state index in [2.05, 4.69) is 62.3 Å². The Kier molecular flexibility index (Phi) is 8.71. The first-order valence-corrected chi connectivity index (χ1v) is 4.99. The summed E-state index contributed by atoms with van der Waals surface area (Å²) in [6.45, 7) is 2.10. The molecule has 1 nitrogen and oxygen atoms in total. The molecule has 0 heterocycles. The van der Waals surface area contributed by atoms with E-state index in [4.69, 9.17) is 4.55 Å². The van der Waals surface area contributed by atoms with Crippen LogP contribution in [0.15, 0.2) is 48.5 Å². The molecule has 0 fully saturated rings. The van der Waals surface area contributed by atoms with Crippen LogP contribution in [0, 0.1) is 13.0 Å². The van der Waals surface area contributed by atoms with Crippen molar-refractivity contribution in [2.24, 2.45) is 0 Å². The van der Waals surface area contributed by atoms with Crippen LogP contribution in [-0.2, 0) is 0 Å². The summed E-state index contributed by atoms with van der Waals surface area (Å²) in [5.41, 5.74) is 3.81. The standard InChI is InChI=1S/C13H11.Na.H2OS.H/c1-11-7-9-13(10-8-11)12-5-3-2-4-6-12;;1-2;/h3-10H,1H3;;1-2H;. The van der Waals surface area contributed by atoms with Crippen LogP contribution in [0.4, 0.5) is 0 Å². The molecule has 16 heavy (non-hydrogen) atoms. The summed E-state index contributed by atoms with van der Waals surface area (Å²) in [4.78, 5) is 0. The Morgan fingerprint density at radius 3 is 1.81 bits per heavy atom. The number of thiol groups is 1. The maximum atomic E-state index is 6.69. The van der Waals surface area contributed by atoms with Gasteiger partial charge in [-0.2, -0.15) is 0 Å². The normalized spacial score (nSPS) is 8.44. The Balaban J connectivity index is 0.000000711. The predicted molar refractivity (Wildman–Crippen MR) is 74.2 cm³/mol. The fourth-order valence-corrected chi connectivity index (χ4v) is 1.33. The van der Waals surface area contributed by atoms with Gasteiger partial charge < -0.3 is 4.55 Å². The van der Waals surface area contributed by atoms with Crippen LogP contribution in [-0.4, -0.2) is 34.1 Å². The molecule has 2 aromatic carbocycles. The molecule has 1 radical (unpaired) electrons. The minimum atomic E-state index is 0. The van der Waals surface area contributed by atoms with Gasteiger partial charge in [0.1, 0.15) is 0 Å². The van der Waals surface area contributed by atoms with E-state index in [1.165, 1.54) is 16.7 Å². The SMILES string of the molecule is Cc1ccc(-c2cc[c]cc2)cc1.OS.[NaH]. The van der Waals surface area contributed by atoms with E-state index >= 15 is 0 Å². The molecule has 0 aromatic heterocycles. The Morgan fingerprint density at radius 1 is 0.875 bits per heavy atom. The van der Waals surface area contributed by atoms with Gasteiger partial charge in [0.2, 0.25) is 0 Å². The van der Waals surface area contributed by atoms with Crippen LogP contribution >= 0.6 is 12.9 Å². The van der Waals surface area contributed by atoms with E-state index < -0.39 is 0 Å². The fourth-order valence-electron chi connectivity index (χ4n) is 1.33. The van der Waals surface area contributed by atoms with E-state index in [0.717, 1.165) is 0 Å². The van der Waals surface area contributed by atoms with Crippen LogP contribution in [0.5, 0.6) is 0 Å². The van der Waals surface area contributed by atoms with Gasteiger partial charge in [0, 0.05) is 0 Å². The Labute approximate surface area is 124 Å². The summed E-state index contributed by atoms with van der Waals surface area (Å²) in [5, 5.41) is 0. The second-order valence-corrected chi connectivity index (χ2v) is 3.15. The summed E-state index contributed by atoms with van der Waals surface area (Å²) in [6, 6.07) is 19.6. The van der Waals surface area contributed by atoms with E-state index in [1.807, 2.05) is 12.1 Å². The summed E-state index contributed by atoms with van der Waals surface area (Å²) >= 11 is 2.53. The summed E-state index contributed by atoms with van der Waals surface area (Å²) < 4.78 is 6.69. The molecule has 0 saturated carbocycles. The van der Waals surface area contributed by atoms with Crippen LogP contribution in [0.25, 0.3) is 11.1 Å². The molecule has 3 heteroatoms. The molecule has 0 bridgehead atoms. The van der Waals surface area contributed by atoms with Crippen LogP contribution in [0.1, 0.15) is 5.56 Å². The number of hydrogen-bond donors (Lipinski definition) is 2. The van der Waals surface area contributed by atoms with Gasteiger partial charge in [0.05, 0.1) is 0 Å². The summed E-state index contributed by atoms with van der Waals surface area (Å²) in [6.07, 6.45) is 0. The number of rotatable bonds is 1. The predicted octanol–water partition coefficient (Wildman–Crippen LogP) is 3.20. The first-order chi connectivity index (χ1) is 7.36. The second kappa shape index (κ2) is 8.85. The van der Waals surface area contributed by atoms with Crippen molar-refractivity contribution in [1.82, 2.24) is 0 Å². The van der Waals surface area contributed by atoms with Crippen molar-refractivity contribution in [2.45, 2.75) is 6.92 Å². The number of aryl methyl sites for hydroxylation is 1. The van der Waals surface area contributed by atoms with Crippen molar-refractivity contribution in [1.29, 1.82) is 0 Å². The Morgan fingerprint density at radius 2 is 1.31 bits per heavy atom. The molecule has 2 aromatic rings. The molecule has 0 saturated heterocycles. The third-order valence-corrected chi connectivity index (χ3v) is 2.10.